The third-order valence-electron chi connectivity index (χ3n) is 4.37. The van der Waals surface area contributed by atoms with Crippen LogP contribution in [-0.2, 0) is 11.3 Å². The molecular weight excluding hydrogens is 305 g/mol. The summed E-state index contributed by atoms with van der Waals surface area (Å²) in [4.78, 5) is 13.7. The standard InChI is InChI=1S/C17H23F3N2O/c1-22(12-13-6-3-2-4-7-13)16(23)11-21-15-9-5-8-14(10-15)17(18,19)20/h2-4,6-7,14-15,21H,5,8-12H2,1H3. The van der Waals surface area contributed by atoms with Crippen LogP contribution in [0.4, 0.5) is 13.2 Å². The molecule has 2 unspecified atom stereocenters. The van der Waals surface area contributed by atoms with Crippen molar-refractivity contribution >= 4 is 5.91 Å². The number of alkyl halides is 3. The van der Waals surface area contributed by atoms with Crippen LogP contribution in [0.15, 0.2) is 30.3 Å². The Bertz CT molecular complexity index is 504. The number of benzene rings is 1. The Labute approximate surface area is 134 Å². The molecule has 1 aliphatic rings. The van der Waals surface area contributed by atoms with Crippen molar-refractivity contribution in [2.45, 2.75) is 44.4 Å². The minimum Gasteiger partial charge on any atom is -0.340 e. The first-order chi connectivity index (χ1) is 10.9. The molecule has 0 spiro atoms. The fourth-order valence-corrected chi connectivity index (χ4v) is 2.98. The van der Waals surface area contributed by atoms with Crippen molar-refractivity contribution < 1.29 is 18.0 Å². The summed E-state index contributed by atoms with van der Waals surface area (Å²) in [6, 6.07) is 9.37. The normalized spacial score (nSPS) is 21.9. The van der Waals surface area contributed by atoms with Gasteiger partial charge in [0.05, 0.1) is 12.5 Å². The number of likely N-dealkylation sites (N-methyl/N-ethyl adjacent to an activating group) is 1. The van der Waals surface area contributed by atoms with Crippen molar-refractivity contribution in [1.82, 2.24) is 10.2 Å². The summed E-state index contributed by atoms with van der Waals surface area (Å²) < 4.78 is 38.3. The SMILES string of the molecule is CN(Cc1ccccc1)C(=O)CNC1CCCC(C(F)(F)F)C1. The maximum absolute atomic E-state index is 12.8. The number of halogens is 3. The van der Waals surface area contributed by atoms with Crippen LogP contribution >= 0.6 is 0 Å². The topological polar surface area (TPSA) is 32.3 Å². The lowest BCUT2D eigenvalue weighted by Gasteiger charge is -2.31. The molecule has 0 bridgehead atoms. The zero-order valence-corrected chi connectivity index (χ0v) is 13.3. The van der Waals surface area contributed by atoms with Crippen LogP contribution in [0.3, 0.4) is 0 Å². The summed E-state index contributed by atoms with van der Waals surface area (Å²) in [6.07, 6.45) is -2.62. The van der Waals surface area contributed by atoms with Crippen molar-refractivity contribution in [2.24, 2.45) is 5.92 Å². The maximum atomic E-state index is 12.8. The van der Waals surface area contributed by atoms with E-state index in [0.717, 1.165) is 5.56 Å². The summed E-state index contributed by atoms with van der Waals surface area (Å²) in [5.41, 5.74) is 1.03. The smallest absolute Gasteiger partial charge is 0.340 e. The highest BCUT2D eigenvalue weighted by molar-refractivity contribution is 5.78. The summed E-state index contributed by atoms with van der Waals surface area (Å²) in [7, 11) is 1.70. The Kier molecular flexibility index (Phi) is 6.04. The Balaban J connectivity index is 1.77. The minimum absolute atomic E-state index is 0.0686. The number of nitrogens with zero attached hydrogens (tertiary/aromatic N) is 1. The largest absolute Gasteiger partial charge is 0.391 e. The number of amides is 1. The quantitative estimate of drug-likeness (QED) is 0.899. The van der Waals surface area contributed by atoms with Crippen LogP contribution in [0.5, 0.6) is 0 Å². The third kappa shape index (κ3) is 5.53. The van der Waals surface area contributed by atoms with Gasteiger partial charge < -0.3 is 10.2 Å². The predicted octanol–water partition coefficient (Wildman–Crippen LogP) is 3.36. The molecule has 0 aromatic heterocycles. The van der Waals surface area contributed by atoms with E-state index in [1.54, 1.807) is 11.9 Å². The van der Waals surface area contributed by atoms with Gasteiger partial charge in [0.15, 0.2) is 0 Å². The third-order valence-corrected chi connectivity index (χ3v) is 4.37. The lowest BCUT2D eigenvalue weighted by Crippen LogP contribution is -2.43. The van der Waals surface area contributed by atoms with Crippen LogP contribution in [0.25, 0.3) is 0 Å². The van der Waals surface area contributed by atoms with Gasteiger partial charge in [-0.05, 0) is 24.8 Å². The van der Waals surface area contributed by atoms with Crippen LogP contribution in [0.2, 0.25) is 0 Å². The Morgan fingerprint density at radius 1 is 1.26 bits per heavy atom. The van der Waals surface area contributed by atoms with Crippen LogP contribution < -0.4 is 5.32 Å². The van der Waals surface area contributed by atoms with Gasteiger partial charge in [0.1, 0.15) is 0 Å². The van der Waals surface area contributed by atoms with Crippen molar-refractivity contribution in [2.75, 3.05) is 13.6 Å². The van der Waals surface area contributed by atoms with Gasteiger partial charge in [-0.3, -0.25) is 4.79 Å². The van der Waals surface area contributed by atoms with Gasteiger partial charge >= 0.3 is 6.18 Å². The molecule has 128 valence electrons. The molecule has 0 aliphatic heterocycles. The Morgan fingerprint density at radius 3 is 2.61 bits per heavy atom. The molecule has 1 amide bonds. The molecule has 0 radical (unpaired) electrons. The first kappa shape index (κ1) is 17.8. The van der Waals surface area contributed by atoms with E-state index in [1.807, 2.05) is 30.3 Å². The van der Waals surface area contributed by atoms with E-state index in [2.05, 4.69) is 5.32 Å². The lowest BCUT2D eigenvalue weighted by atomic mass is 9.85. The second-order valence-electron chi connectivity index (χ2n) is 6.22. The van der Waals surface area contributed by atoms with E-state index in [0.29, 0.717) is 19.4 Å². The molecule has 0 heterocycles. The average molecular weight is 328 g/mol. The van der Waals surface area contributed by atoms with E-state index in [-0.39, 0.29) is 31.3 Å². The van der Waals surface area contributed by atoms with Crippen LogP contribution in [0.1, 0.15) is 31.2 Å². The first-order valence-corrected chi connectivity index (χ1v) is 7.94. The second kappa shape index (κ2) is 7.81. The zero-order chi connectivity index (χ0) is 16.9. The van der Waals surface area contributed by atoms with Gasteiger partial charge in [-0.25, -0.2) is 0 Å². The number of nitrogens with one attached hydrogen (secondary N) is 1. The second-order valence-corrected chi connectivity index (χ2v) is 6.22. The summed E-state index contributed by atoms with van der Waals surface area (Å²) in [5, 5.41) is 3.00. The molecule has 1 aromatic carbocycles. The molecule has 1 aliphatic carbocycles. The molecule has 3 nitrogen and oxygen atoms in total. The number of rotatable bonds is 5. The van der Waals surface area contributed by atoms with Crippen LogP contribution in [0, 0.1) is 5.92 Å². The van der Waals surface area contributed by atoms with Gasteiger partial charge in [-0.15, -0.1) is 0 Å². The van der Waals surface area contributed by atoms with E-state index in [4.69, 9.17) is 0 Å². The number of hydrogen-bond donors (Lipinski definition) is 1. The molecule has 1 saturated carbocycles. The molecule has 1 N–H and O–H groups in total. The number of hydrogen-bond acceptors (Lipinski definition) is 2. The van der Waals surface area contributed by atoms with Crippen molar-refractivity contribution in [1.29, 1.82) is 0 Å². The molecule has 23 heavy (non-hydrogen) atoms. The maximum Gasteiger partial charge on any atom is 0.391 e. The zero-order valence-electron chi connectivity index (χ0n) is 13.3. The van der Waals surface area contributed by atoms with Crippen LogP contribution in [-0.4, -0.2) is 36.6 Å². The monoisotopic (exact) mass is 328 g/mol. The van der Waals surface area contributed by atoms with Gasteiger partial charge in [-0.2, -0.15) is 13.2 Å². The molecule has 2 atom stereocenters. The summed E-state index contributed by atoms with van der Waals surface area (Å²) in [6.45, 7) is 0.579. The lowest BCUT2D eigenvalue weighted by molar-refractivity contribution is -0.183. The van der Waals surface area contributed by atoms with Gasteiger partial charge in [0, 0.05) is 19.6 Å². The summed E-state index contributed by atoms with van der Waals surface area (Å²) in [5.74, 6) is -1.35. The van der Waals surface area contributed by atoms with E-state index in [1.165, 1.54) is 0 Å². The van der Waals surface area contributed by atoms with Crippen molar-refractivity contribution in [3.05, 3.63) is 35.9 Å². The average Bonchev–Trinajstić information content (AvgIpc) is 2.53. The highest BCUT2D eigenvalue weighted by Crippen LogP contribution is 2.37. The highest BCUT2D eigenvalue weighted by atomic mass is 19.4. The Morgan fingerprint density at radius 2 is 1.96 bits per heavy atom. The number of carbonyl (C=O) groups excluding carboxylic acids is 1. The summed E-state index contributed by atoms with van der Waals surface area (Å²) >= 11 is 0. The fraction of sp³-hybridized carbons (Fsp3) is 0.588. The van der Waals surface area contributed by atoms with Crippen molar-refractivity contribution in [3.8, 4) is 0 Å². The van der Waals surface area contributed by atoms with Gasteiger partial charge in [-0.1, -0.05) is 36.8 Å². The fourth-order valence-electron chi connectivity index (χ4n) is 2.98. The molecule has 1 fully saturated rings. The van der Waals surface area contributed by atoms with Gasteiger partial charge in [0.2, 0.25) is 5.91 Å². The van der Waals surface area contributed by atoms with E-state index in [9.17, 15) is 18.0 Å². The molecule has 0 saturated heterocycles. The minimum atomic E-state index is -4.13. The first-order valence-electron chi connectivity index (χ1n) is 7.94. The molecule has 6 heteroatoms. The predicted molar refractivity (Wildman–Crippen MR) is 82.7 cm³/mol. The molecular formula is C17H23F3N2O. The highest BCUT2D eigenvalue weighted by Gasteiger charge is 2.42. The van der Waals surface area contributed by atoms with E-state index < -0.39 is 12.1 Å². The van der Waals surface area contributed by atoms with Gasteiger partial charge in [0.25, 0.3) is 0 Å². The Hall–Kier alpha value is -1.56. The number of carbonyl (C=O) groups is 1. The van der Waals surface area contributed by atoms with Crippen molar-refractivity contribution in [3.63, 3.8) is 0 Å². The molecule has 2 rings (SSSR count). The van der Waals surface area contributed by atoms with E-state index >= 15 is 0 Å². The molecule has 1 aromatic rings.